The van der Waals surface area contributed by atoms with Crippen LogP contribution in [0.25, 0.3) is 0 Å². The van der Waals surface area contributed by atoms with Gasteiger partial charge in [-0.2, -0.15) is 0 Å². The van der Waals surface area contributed by atoms with Crippen LogP contribution in [0, 0.1) is 10.1 Å². The lowest BCUT2D eigenvalue weighted by Gasteiger charge is -2.32. The van der Waals surface area contributed by atoms with E-state index in [9.17, 15) is 14.9 Å². The lowest BCUT2D eigenvalue weighted by Crippen LogP contribution is -2.47. The number of hydrogen-bond acceptors (Lipinski definition) is 5. The molecule has 0 spiro atoms. The quantitative estimate of drug-likeness (QED) is 0.655. The first-order valence-electron chi connectivity index (χ1n) is 8.23. The standard InChI is InChI=1S/C18H19ClN4O3/c1-21-8-10-22(11-9-21)18(24)14-4-2-3-5-15(14)20-16-7-6-13(19)12-17(16)23(25)26/h2-7,12,20H,8-11H2,1H3. The number of nitrogens with zero attached hydrogens (tertiary/aromatic N) is 3. The monoisotopic (exact) mass is 374 g/mol. The summed E-state index contributed by atoms with van der Waals surface area (Å²) in [5.41, 5.74) is 1.17. The Labute approximate surface area is 156 Å². The van der Waals surface area contributed by atoms with Crippen molar-refractivity contribution in [3.63, 3.8) is 0 Å². The number of nitro groups is 1. The molecule has 1 amide bonds. The van der Waals surface area contributed by atoms with Gasteiger partial charge < -0.3 is 15.1 Å². The Morgan fingerprint density at radius 2 is 1.81 bits per heavy atom. The maximum absolute atomic E-state index is 12.9. The molecule has 0 aromatic heterocycles. The third-order valence-corrected chi connectivity index (χ3v) is 4.61. The number of rotatable bonds is 4. The second kappa shape index (κ2) is 7.72. The van der Waals surface area contributed by atoms with E-state index in [0.717, 1.165) is 13.1 Å². The van der Waals surface area contributed by atoms with Crippen LogP contribution in [0.3, 0.4) is 0 Å². The molecule has 1 fully saturated rings. The van der Waals surface area contributed by atoms with Gasteiger partial charge in [-0.05, 0) is 31.3 Å². The van der Waals surface area contributed by atoms with Crippen LogP contribution in [0.4, 0.5) is 17.1 Å². The zero-order valence-corrected chi connectivity index (χ0v) is 15.1. The maximum Gasteiger partial charge on any atom is 0.294 e. The molecule has 0 aliphatic carbocycles. The average Bonchev–Trinajstić information content (AvgIpc) is 2.63. The smallest absolute Gasteiger partial charge is 0.294 e. The number of benzene rings is 2. The van der Waals surface area contributed by atoms with Crippen LogP contribution in [0.2, 0.25) is 5.02 Å². The number of anilines is 2. The fraction of sp³-hybridized carbons (Fsp3) is 0.278. The topological polar surface area (TPSA) is 78.7 Å². The lowest BCUT2D eigenvalue weighted by molar-refractivity contribution is -0.383. The summed E-state index contributed by atoms with van der Waals surface area (Å²) in [6.45, 7) is 2.96. The Morgan fingerprint density at radius 3 is 2.50 bits per heavy atom. The number of carbonyl (C=O) groups is 1. The molecule has 8 heteroatoms. The van der Waals surface area contributed by atoms with Crippen molar-refractivity contribution in [3.8, 4) is 0 Å². The van der Waals surface area contributed by atoms with Gasteiger partial charge in [0.25, 0.3) is 11.6 Å². The van der Waals surface area contributed by atoms with Gasteiger partial charge in [-0.15, -0.1) is 0 Å². The molecule has 2 aromatic carbocycles. The van der Waals surface area contributed by atoms with Crippen molar-refractivity contribution in [2.24, 2.45) is 0 Å². The van der Waals surface area contributed by atoms with Crippen LogP contribution in [0.1, 0.15) is 10.4 Å². The number of halogens is 1. The van der Waals surface area contributed by atoms with Crippen LogP contribution >= 0.6 is 11.6 Å². The van der Waals surface area contributed by atoms with E-state index in [4.69, 9.17) is 11.6 Å². The van der Waals surface area contributed by atoms with E-state index in [1.807, 2.05) is 7.05 Å². The summed E-state index contributed by atoms with van der Waals surface area (Å²) in [6, 6.07) is 11.4. The van der Waals surface area contributed by atoms with E-state index >= 15 is 0 Å². The predicted molar refractivity (Wildman–Crippen MR) is 101 cm³/mol. The molecular weight excluding hydrogens is 356 g/mol. The van der Waals surface area contributed by atoms with E-state index < -0.39 is 4.92 Å². The van der Waals surface area contributed by atoms with E-state index in [2.05, 4.69) is 10.2 Å². The normalized spacial score (nSPS) is 14.9. The Bertz CT molecular complexity index is 835. The van der Waals surface area contributed by atoms with Gasteiger partial charge in [-0.1, -0.05) is 23.7 Å². The molecule has 136 valence electrons. The van der Waals surface area contributed by atoms with Crippen molar-refractivity contribution in [2.75, 3.05) is 38.5 Å². The van der Waals surface area contributed by atoms with Gasteiger partial charge in [0.15, 0.2) is 0 Å². The molecule has 7 nitrogen and oxygen atoms in total. The molecule has 26 heavy (non-hydrogen) atoms. The summed E-state index contributed by atoms with van der Waals surface area (Å²) in [6.07, 6.45) is 0. The number of likely N-dealkylation sites (N-methyl/N-ethyl adjacent to an activating group) is 1. The predicted octanol–water partition coefficient (Wildman–Crippen LogP) is 3.38. The van der Waals surface area contributed by atoms with E-state index in [0.29, 0.717) is 24.3 Å². The molecule has 0 saturated carbocycles. The van der Waals surface area contributed by atoms with Crippen LogP contribution < -0.4 is 5.32 Å². The largest absolute Gasteiger partial charge is 0.349 e. The maximum atomic E-state index is 12.9. The zero-order valence-electron chi connectivity index (χ0n) is 14.3. The Morgan fingerprint density at radius 1 is 1.12 bits per heavy atom. The van der Waals surface area contributed by atoms with Gasteiger partial charge in [0.05, 0.1) is 16.2 Å². The third-order valence-electron chi connectivity index (χ3n) is 4.37. The number of carbonyl (C=O) groups excluding carboxylic acids is 1. The summed E-state index contributed by atoms with van der Waals surface area (Å²) in [7, 11) is 2.02. The van der Waals surface area contributed by atoms with Crippen molar-refractivity contribution >= 4 is 34.6 Å². The van der Waals surface area contributed by atoms with Crippen molar-refractivity contribution in [1.82, 2.24) is 9.80 Å². The molecule has 1 aliphatic rings. The molecule has 1 N–H and O–H groups in total. The summed E-state index contributed by atoms with van der Waals surface area (Å²) in [5, 5.41) is 14.6. The minimum Gasteiger partial charge on any atom is -0.349 e. The molecular formula is C18H19ClN4O3. The molecule has 2 aromatic rings. The SMILES string of the molecule is CN1CCN(C(=O)c2ccccc2Nc2ccc(Cl)cc2[N+](=O)[O-])CC1. The number of para-hydroxylation sites is 1. The second-order valence-electron chi connectivity index (χ2n) is 6.18. The number of hydrogen-bond donors (Lipinski definition) is 1. The Hall–Kier alpha value is -2.64. The zero-order chi connectivity index (χ0) is 18.7. The first-order valence-corrected chi connectivity index (χ1v) is 8.61. The van der Waals surface area contributed by atoms with E-state index in [1.54, 1.807) is 35.2 Å². The highest BCUT2D eigenvalue weighted by atomic mass is 35.5. The highest BCUT2D eigenvalue weighted by Crippen LogP contribution is 2.31. The number of piperazine rings is 1. The van der Waals surface area contributed by atoms with Crippen LogP contribution in [-0.4, -0.2) is 53.9 Å². The first-order chi connectivity index (χ1) is 12.5. The van der Waals surface area contributed by atoms with Gasteiger partial charge in [0.2, 0.25) is 0 Å². The summed E-state index contributed by atoms with van der Waals surface area (Å²) >= 11 is 5.86. The lowest BCUT2D eigenvalue weighted by atomic mass is 10.1. The third kappa shape index (κ3) is 3.95. The van der Waals surface area contributed by atoms with Gasteiger partial charge in [-0.3, -0.25) is 14.9 Å². The Balaban J connectivity index is 1.89. The number of amides is 1. The molecule has 1 heterocycles. The van der Waals surface area contributed by atoms with E-state index in [-0.39, 0.29) is 22.3 Å². The molecule has 1 aliphatic heterocycles. The minimum atomic E-state index is -0.501. The first kappa shape index (κ1) is 18.2. The average molecular weight is 375 g/mol. The van der Waals surface area contributed by atoms with Crippen LogP contribution in [0.15, 0.2) is 42.5 Å². The van der Waals surface area contributed by atoms with Gasteiger partial charge in [0.1, 0.15) is 5.69 Å². The molecule has 0 bridgehead atoms. The highest BCUT2D eigenvalue weighted by Gasteiger charge is 2.23. The summed E-state index contributed by atoms with van der Waals surface area (Å²) in [5.74, 6) is -0.0854. The van der Waals surface area contributed by atoms with Gasteiger partial charge in [0, 0.05) is 37.3 Å². The molecule has 0 radical (unpaired) electrons. The van der Waals surface area contributed by atoms with E-state index in [1.165, 1.54) is 12.1 Å². The van der Waals surface area contributed by atoms with Gasteiger partial charge >= 0.3 is 0 Å². The van der Waals surface area contributed by atoms with Crippen molar-refractivity contribution in [1.29, 1.82) is 0 Å². The summed E-state index contributed by atoms with van der Waals surface area (Å²) < 4.78 is 0. The molecule has 1 saturated heterocycles. The van der Waals surface area contributed by atoms with Gasteiger partial charge in [-0.25, -0.2) is 0 Å². The Kier molecular flexibility index (Phi) is 5.39. The molecule has 0 unspecified atom stereocenters. The number of nitro benzene ring substituents is 1. The van der Waals surface area contributed by atoms with Crippen molar-refractivity contribution in [3.05, 3.63) is 63.2 Å². The second-order valence-corrected chi connectivity index (χ2v) is 6.62. The number of nitrogens with one attached hydrogen (secondary N) is 1. The minimum absolute atomic E-state index is 0.0854. The summed E-state index contributed by atoms with van der Waals surface area (Å²) in [4.78, 5) is 27.7. The van der Waals surface area contributed by atoms with Crippen LogP contribution in [0.5, 0.6) is 0 Å². The van der Waals surface area contributed by atoms with Crippen LogP contribution in [-0.2, 0) is 0 Å². The fourth-order valence-corrected chi connectivity index (χ4v) is 3.03. The van der Waals surface area contributed by atoms with Crippen molar-refractivity contribution in [2.45, 2.75) is 0 Å². The molecule has 3 rings (SSSR count). The fourth-order valence-electron chi connectivity index (χ4n) is 2.87. The van der Waals surface area contributed by atoms with Crippen molar-refractivity contribution < 1.29 is 9.72 Å². The highest BCUT2D eigenvalue weighted by molar-refractivity contribution is 6.31. The molecule has 0 atom stereocenters.